The Morgan fingerprint density at radius 1 is 1.54 bits per heavy atom. The van der Waals surface area contributed by atoms with Gasteiger partial charge in [0.05, 0.1) is 7.11 Å². The van der Waals surface area contributed by atoms with E-state index in [9.17, 15) is 5.21 Å². The van der Waals surface area contributed by atoms with Crippen molar-refractivity contribution in [2.75, 3.05) is 19.1 Å². The molecule has 0 aliphatic heterocycles. The maximum absolute atomic E-state index is 10.5. The van der Waals surface area contributed by atoms with Crippen molar-refractivity contribution in [1.82, 2.24) is 0 Å². The van der Waals surface area contributed by atoms with Crippen molar-refractivity contribution in [3.8, 4) is 5.75 Å². The van der Waals surface area contributed by atoms with Gasteiger partial charge >= 0.3 is 0 Å². The SMILES string of the molecule is COc1ccc(N[O-])c(CCN)c1. The smallest absolute Gasteiger partial charge is 0.119 e. The highest BCUT2D eigenvalue weighted by molar-refractivity contribution is 5.54. The van der Waals surface area contributed by atoms with Gasteiger partial charge in [-0.25, -0.2) is 0 Å². The van der Waals surface area contributed by atoms with E-state index in [2.05, 4.69) is 0 Å². The number of methoxy groups -OCH3 is 1. The zero-order chi connectivity index (χ0) is 9.68. The zero-order valence-electron chi connectivity index (χ0n) is 7.54. The van der Waals surface area contributed by atoms with Crippen LogP contribution in [0.1, 0.15) is 5.56 Å². The van der Waals surface area contributed by atoms with Crippen molar-refractivity contribution in [2.24, 2.45) is 5.73 Å². The molecule has 0 saturated carbocycles. The minimum absolute atomic E-state index is 0.516. The van der Waals surface area contributed by atoms with Gasteiger partial charge in [0.2, 0.25) is 0 Å². The monoisotopic (exact) mass is 181 g/mol. The molecule has 0 heterocycles. The number of ether oxygens (including phenoxy) is 1. The topological polar surface area (TPSA) is 70.3 Å². The van der Waals surface area contributed by atoms with Gasteiger partial charge in [0, 0.05) is 5.69 Å². The van der Waals surface area contributed by atoms with Crippen molar-refractivity contribution in [3.05, 3.63) is 29.0 Å². The quantitative estimate of drug-likeness (QED) is 0.682. The minimum atomic E-state index is 0.516. The van der Waals surface area contributed by atoms with Crippen LogP contribution in [0.5, 0.6) is 5.75 Å². The maximum atomic E-state index is 10.5. The number of hydrogen-bond donors (Lipinski definition) is 2. The first-order valence-electron chi connectivity index (χ1n) is 4.07. The fourth-order valence-electron chi connectivity index (χ4n) is 1.16. The Morgan fingerprint density at radius 2 is 2.31 bits per heavy atom. The van der Waals surface area contributed by atoms with Gasteiger partial charge in [0.25, 0.3) is 0 Å². The summed E-state index contributed by atoms with van der Waals surface area (Å²) in [6, 6.07) is 5.24. The largest absolute Gasteiger partial charge is 0.761 e. The molecule has 0 spiro atoms. The molecular weight excluding hydrogens is 168 g/mol. The Morgan fingerprint density at radius 3 is 2.85 bits per heavy atom. The Kier molecular flexibility index (Phi) is 3.54. The summed E-state index contributed by atoms with van der Waals surface area (Å²) in [5.74, 6) is 0.738. The number of nitrogens with two attached hydrogens (primary N) is 1. The zero-order valence-corrected chi connectivity index (χ0v) is 7.54. The first-order chi connectivity index (χ1) is 6.31. The molecule has 0 radical (unpaired) electrons. The third kappa shape index (κ3) is 2.34. The van der Waals surface area contributed by atoms with E-state index in [-0.39, 0.29) is 0 Å². The molecule has 0 aliphatic carbocycles. The Labute approximate surface area is 77.3 Å². The summed E-state index contributed by atoms with van der Waals surface area (Å²) in [5.41, 5.74) is 8.72. The summed E-state index contributed by atoms with van der Waals surface area (Å²) in [6.45, 7) is 0.516. The van der Waals surface area contributed by atoms with Crippen LogP contribution in [0.2, 0.25) is 0 Å². The van der Waals surface area contributed by atoms with E-state index in [0.717, 1.165) is 11.3 Å². The summed E-state index contributed by atoms with van der Waals surface area (Å²) < 4.78 is 5.03. The van der Waals surface area contributed by atoms with Crippen LogP contribution in [0.3, 0.4) is 0 Å². The third-order valence-electron chi connectivity index (χ3n) is 1.84. The molecule has 0 bridgehead atoms. The molecule has 4 heteroatoms. The highest BCUT2D eigenvalue weighted by Gasteiger charge is 2.00. The predicted molar refractivity (Wildman–Crippen MR) is 52.7 cm³/mol. The van der Waals surface area contributed by atoms with E-state index < -0.39 is 0 Å². The fourth-order valence-corrected chi connectivity index (χ4v) is 1.16. The maximum Gasteiger partial charge on any atom is 0.119 e. The predicted octanol–water partition coefficient (Wildman–Crippen LogP) is 1.11. The van der Waals surface area contributed by atoms with Gasteiger partial charge in [0.1, 0.15) is 5.75 Å². The van der Waals surface area contributed by atoms with Gasteiger partial charge < -0.3 is 21.2 Å². The lowest BCUT2D eigenvalue weighted by Gasteiger charge is -2.15. The van der Waals surface area contributed by atoms with Crippen molar-refractivity contribution in [1.29, 1.82) is 0 Å². The van der Waals surface area contributed by atoms with Gasteiger partial charge in [-0.15, -0.1) is 0 Å². The Balaban J connectivity index is 2.95. The molecule has 0 saturated heterocycles. The van der Waals surface area contributed by atoms with Crippen LogP contribution in [0, 0.1) is 5.21 Å². The number of rotatable bonds is 4. The second kappa shape index (κ2) is 4.69. The molecule has 0 atom stereocenters. The van der Waals surface area contributed by atoms with E-state index >= 15 is 0 Å². The summed E-state index contributed by atoms with van der Waals surface area (Å²) in [6.07, 6.45) is 0.668. The Hall–Kier alpha value is -1.26. The highest BCUT2D eigenvalue weighted by atomic mass is 16.5. The molecule has 0 aliphatic rings. The molecule has 0 aromatic heterocycles. The minimum Gasteiger partial charge on any atom is -0.761 e. The Bertz CT molecular complexity index is 276. The normalized spacial score (nSPS) is 9.77. The van der Waals surface area contributed by atoms with Crippen LogP contribution >= 0.6 is 0 Å². The molecule has 1 rings (SSSR count). The van der Waals surface area contributed by atoms with Gasteiger partial charge in [0.15, 0.2) is 0 Å². The molecule has 1 aromatic carbocycles. The third-order valence-corrected chi connectivity index (χ3v) is 1.84. The number of hydrogen-bond acceptors (Lipinski definition) is 4. The summed E-state index contributed by atoms with van der Waals surface area (Å²) in [7, 11) is 1.59. The van der Waals surface area contributed by atoms with Gasteiger partial charge in [-0.1, -0.05) is 0 Å². The first kappa shape index (κ1) is 9.83. The lowest BCUT2D eigenvalue weighted by atomic mass is 10.1. The van der Waals surface area contributed by atoms with E-state index in [1.165, 1.54) is 0 Å². The summed E-state index contributed by atoms with van der Waals surface area (Å²) >= 11 is 0. The van der Waals surface area contributed by atoms with E-state index in [4.69, 9.17) is 10.5 Å². The summed E-state index contributed by atoms with van der Waals surface area (Å²) in [5, 5.41) is 10.5. The van der Waals surface area contributed by atoms with Crippen molar-refractivity contribution < 1.29 is 4.74 Å². The molecule has 72 valence electrons. The van der Waals surface area contributed by atoms with Crippen LogP contribution in [0.25, 0.3) is 0 Å². The van der Waals surface area contributed by atoms with Gasteiger partial charge in [-0.2, -0.15) is 0 Å². The standard InChI is InChI=1S/C9H13N2O2/c1-13-8-2-3-9(11-12)7(6-8)4-5-10/h2-3,6,11H,4-5,10H2,1H3/q-1. The first-order valence-corrected chi connectivity index (χ1v) is 4.07. The highest BCUT2D eigenvalue weighted by Crippen LogP contribution is 2.21. The van der Waals surface area contributed by atoms with E-state index in [0.29, 0.717) is 18.7 Å². The number of anilines is 1. The van der Waals surface area contributed by atoms with Crippen LogP contribution in [0.15, 0.2) is 18.2 Å². The van der Waals surface area contributed by atoms with Crippen LogP contribution in [-0.2, 0) is 6.42 Å². The second-order valence-corrected chi connectivity index (χ2v) is 2.66. The second-order valence-electron chi connectivity index (χ2n) is 2.66. The van der Waals surface area contributed by atoms with E-state index in [1.54, 1.807) is 19.2 Å². The molecule has 0 amide bonds. The van der Waals surface area contributed by atoms with E-state index in [1.807, 2.05) is 11.5 Å². The number of nitrogens with one attached hydrogen (secondary N) is 1. The molecule has 13 heavy (non-hydrogen) atoms. The van der Waals surface area contributed by atoms with Crippen molar-refractivity contribution in [3.63, 3.8) is 0 Å². The molecule has 4 nitrogen and oxygen atoms in total. The molecule has 0 fully saturated rings. The van der Waals surface area contributed by atoms with Crippen molar-refractivity contribution in [2.45, 2.75) is 6.42 Å². The summed E-state index contributed by atoms with van der Waals surface area (Å²) in [4.78, 5) is 0. The lowest BCUT2D eigenvalue weighted by molar-refractivity contribution is 0.414. The van der Waals surface area contributed by atoms with Crippen molar-refractivity contribution >= 4 is 5.69 Å². The number of benzene rings is 1. The average Bonchev–Trinajstić information content (AvgIpc) is 2.18. The molecule has 1 aromatic rings. The van der Waals surface area contributed by atoms with Gasteiger partial charge in [-0.3, -0.25) is 0 Å². The average molecular weight is 181 g/mol. The van der Waals surface area contributed by atoms with Crippen LogP contribution in [-0.4, -0.2) is 13.7 Å². The molecule has 0 unspecified atom stereocenters. The van der Waals surface area contributed by atoms with Crippen LogP contribution in [0.4, 0.5) is 5.69 Å². The molecule has 3 N–H and O–H groups in total. The lowest BCUT2D eigenvalue weighted by Crippen LogP contribution is -2.05. The molecular formula is C9H13N2O2-. The fraction of sp³-hybridized carbons (Fsp3) is 0.333. The van der Waals surface area contributed by atoms with Gasteiger partial charge in [-0.05, 0) is 36.7 Å². The van der Waals surface area contributed by atoms with Crippen LogP contribution < -0.4 is 16.0 Å².